The second-order valence-electron chi connectivity index (χ2n) is 8.64. The lowest BCUT2D eigenvalue weighted by Gasteiger charge is -2.24. The van der Waals surface area contributed by atoms with Gasteiger partial charge >= 0.3 is 0 Å². The van der Waals surface area contributed by atoms with Gasteiger partial charge in [-0.15, -0.1) is 0 Å². The SMILES string of the molecule is Cc1c(N2N=C3C(=CC(Cc4ccc(-n5cccn5)cc4)c4c(F)ccc(F)c43)C2=O)ccnc1F. The first-order valence-corrected chi connectivity index (χ1v) is 11.3. The summed E-state index contributed by atoms with van der Waals surface area (Å²) < 4.78 is 46.1. The highest BCUT2D eigenvalue weighted by Crippen LogP contribution is 2.40. The van der Waals surface area contributed by atoms with Gasteiger partial charge in [0.25, 0.3) is 5.91 Å². The average Bonchev–Trinajstić information content (AvgIpc) is 3.52. The summed E-state index contributed by atoms with van der Waals surface area (Å²) in [6.07, 6.45) is 6.69. The molecule has 2 aromatic heterocycles. The molecule has 178 valence electrons. The van der Waals surface area contributed by atoms with Gasteiger partial charge in [0.15, 0.2) is 0 Å². The Kier molecular flexibility index (Phi) is 5.06. The molecule has 0 spiro atoms. The van der Waals surface area contributed by atoms with Crippen LogP contribution in [0.2, 0.25) is 0 Å². The summed E-state index contributed by atoms with van der Waals surface area (Å²) in [6.45, 7) is 1.48. The van der Waals surface area contributed by atoms with Crippen molar-refractivity contribution in [3.63, 3.8) is 0 Å². The third-order valence-electron chi connectivity index (χ3n) is 6.50. The number of carbonyl (C=O) groups excluding carboxylic acids is 1. The first kappa shape index (κ1) is 22.0. The Balaban J connectivity index is 1.42. The van der Waals surface area contributed by atoms with Gasteiger partial charge in [-0.05, 0) is 55.3 Å². The molecule has 9 heteroatoms. The van der Waals surface area contributed by atoms with Crippen LogP contribution in [0.1, 0.15) is 28.2 Å². The van der Waals surface area contributed by atoms with Crippen LogP contribution in [0, 0.1) is 24.5 Å². The van der Waals surface area contributed by atoms with E-state index in [1.165, 1.54) is 19.2 Å². The summed E-state index contributed by atoms with van der Waals surface area (Å²) in [6, 6.07) is 12.9. The minimum Gasteiger partial charge on any atom is -0.267 e. The fraction of sp³-hybridized carbons (Fsp3) is 0.111. The van der Waals surface area contributed by atoms with Crippen molar-refractivity contribution in [1.82, 2.24) is 14.8 Å². The minimum atomic E-state index is -0.738. The molecule has 36 heavy (non-hydrogen) atoms. The van der Waals surface area contributed by atoms with Crippen LogP contribution in [0.5, 0.6) is 0 Å². The zero-order valence-electron chi connectivity index (χ0n) is 19.0. The molecule has 2 aliphatic rings. The first-order chi connectivity index (χ1) is 17.4. The van der Waals surface area contributed by atoms with Gasteiger partial charge in [0.05, 0.1) is 16.9 Å². The van der Waals surface area contributed by atoms with Crippen LogP contribution in [-0.2, 0) is 11.2 Å². The molecular weight excluding hydrogens is 467 g/mol. The number of allylic oxidation sites excluding steroid dienone is 1. The molecule has 0 N–H and O–H groups in total. The van der Waals surface area contributed by atoms with E-state index in [4.69, 9.17) is 0 Å². The van der Waals surface area contributed by atoms with Crippen LogP contribution in [-0.4, -0.2) is 26.4 Å². The lowest BCUT2D eigenvalue weighted by molar-refractivity contribution is -0.114. The fourth-order valence-corrected chi connectivity index (χ4v) is 4.72. The van der Waals surface area contributed by atoms with Crippen molar-refractivity contribution in [2.24, 2.45) is 5.10 Å². The predicted octanol–water partition coefficient (Wildman–Crippen LogP) is 5.01. The van der Waals surface area contributed by atoms with Gasteiger partial charge in [-0.3, -0.25) is 4.79 Å². The topological polar surface area (TPSA) is 63.4 Å². The van der Waals surface area contributed by atoms with Gasteiger partial charge in [0.1, 0.15) is 17.3 Å². The zero-order valence-corrected chi connectivity index (χ0v) is 19.0. The van der Waals surface area contributed by atoms with Crippen molar-refractivity contribution in [2.75, 3.05) is 5.01 Å². The molecule has 0 fully saturated rings. The first-order valence-electron chi connectivity index (χ1n) is 11.3. The average molecular weight is 485 g/mol. The molecule has 1 aliphatic carbocycles. The number of rotatable bonds is 4. The molecule has 4 aromatic rings. The summed E-state index contributed by atoms with van der Waals surface area (Å²) in [4.78, 5) is 16.9. The third kappa shape index (κ3) is 3.43. The van der Waals surface area contributed by atoms with Crippen molar-refractivity contribution in [3.05, 3.63) is 119 Å². The molecule has 1 amide bonds. The van der Waals surface area contributed by atoms with E-state index in [0.717, 1.165) is 28.4 Å². The normalized spacial score (nSPS) is 16.5. The third-order valence-corrected chi connectivity index (χ3v) is 6.50. The zero-order chi connectivity index (χ0) is 25.0. The lowest BCUT2D eigenvalue weighted by Crippen LogP contribution is -2.25. The molecule has 1 atom stereocenters. The van der Waals surface area contributed by atoms with E-state index in [0.29, 0.717) is 6.42 Å². The maximum Gasteiger partial charge on any atom is 0.280 e. The lowest BCUT2D eigenvalue weighted by atomic mass is 9.79. The van der Waals surface area contributed by atoms with Gasteiger partial charge in [-0.2, -0.15) is 19.6 Å². The maximum absolute atomic E-state index is 15.1. The fourth-order valence-electron chi connectivity index (χ4n) is 4.72. The van der Waals surface area contributed by atoms with E-state index in [9.17, 15) is 9.18 Å². The van der Waals surface area contributed by atoms with Crippen molar-refractivity contribution in [2.45, 2.75) is 19.3 Å². The number of hydrogen-bond donors (Lipinski definition) is 0. The van der Waals surface area contributed by atoms with E-state index >= 15 is 8.78 Å². The van der Waals surface area contributed by atoms with E-state index < -0.39 is 29.4 Å². The number of anilines is 1. The van der Waals surface area contributed by atoms with Crippen LogP contribution in [0.3, 0.4) is 0 Å². The molecule has 0 saturated heterocycles. The highest BCUT2D eigenvalue weighted by molar-refractivity contribution is 6.36. The molecule has 2 aromatic carbocycles. The number of nitrogens with zero attached hydrogens (tertiary/aromatic N) is 5. The molecule has 1 unspecified atom stereocenters. The number of benzene rings is 2. The second-order valence-corrected chi connectivity index (χ2v) is 8.64. The van der Waals surface area contributed by atoms with E-state index in [1.54, 1.807) is 17.0 Å². The van der Waals surface area contributed by atoms with E-state index in [1.807, 2.05) is 36.5 Å². The Morgan fingerprint density at radius 1 is 0.972 bits per heavy atom. The maximum atomic E-state index is 15.1. The van der Waals surface area contributed by atoms with Crippen LogP contribution >= 0.6 is 0 Å². The number of fused-ring (bicyclic) bond motifs is 3. The Bertz CT molecular complexity index is 1580. The number of aromatic nitrogens is 3. The Morgan fingerprint density at radius 2 is 1.75 bits per heavy atom. The number of halogens is 3. The Hall–Kier alpha value is -4.53. The van der Waals surface area contributed by atoms with Crippen molar-refractivity contribution >= 4 is 17.3 Å². The summed E-state index contributed by atoms with van der Waals surface area (Å²) in [5.41, 5.74) is 2.34. The van der Waals surface area contributed by atoms with Gasteiger partial charge in [-0.1, -0.05) is 18.2 Å². The number of pyridine rings is 1. The standard InChI is InChI=1S/C27H18F3N5O/c1-15-22(9-11-31-26(15)30)35-27(36)19-14-17(23-20(28)7-8-21(29)24(23)25(19)33-35)13-16-3-5-18(6-4-16)34-12-2-10-32-34/h2-12,14,17H,13H2,1H3. The van der Waals surface area contributed by atoms with Gasteiger partial charge in [0.2, 0.25) is 5.95 Å². The molecular formula is C27H18F3N5O. The molecule has 0 saturated carbocycles. The second kappa shape index (κ2) is 8.30. The highest BCUT2D eigenvalue weighted by Gasteiger charge is 2.40. The summed E-state index contributed by atoms with van der Waals surface area (Å²) in [7, 11) is 0. The number of amides is 1. The smallest absolute Gasteiger partial charge is 0.267 e. The molecule has 6 nitrogen and oxygen atoms in total. The number of hydrogen-bond acceptors (Lipinski definition) is 4. The quantitative estimate of drug-likeness (QED) is 0.382. The summed E-state index contributed by atoms with van der Waals surface area (Å²) in [5, 5.41) is 9.54. The van der Waals surface area contributed by atoms with Crippen molar-refractivity contribution < 1.29 is 18.0 Å². The molecule has 0 radical (unpaired) electrons. The van der Waals surface area contributed by atoms with E-state index in [-0.39, 0.29) is 33.7 Å². The Morgan fingerprint density at radius 3 is 2.50 bits per heavy atom. The molecule has 3 heterocycles. The largest absolute Gasteiger partial charge is 0.280 e. The summed E-state index contributed by atoms with van der Waals surface area (Å²) >= 11 is 0. The monoisotopic (exact) mass is 485 g/mol. The van der Waals surface area contributed by atoms with Crippen LogP contribution < -0.4 is 5.01 Å². The minimum absolute atomic E-state index is 0.0360. The van der Waals surface area contributed by atoms with Crippen molar-refractivity contribution in [3.8, 4) is 5.69 Å². The highest BCUT2D eigenvalue weighted by atomic mass is 19.1. The van der Waals surface area contributed by atoms with Crippen LogP contribution in [0.15, 0.2) is 83.9 Å². The van der Waals surface area contributed by atoms with Crippen LogP contribution in [0.25, 0.3) is 5.69 Å². The number of carbonyl (C=O) groups is 1. The molecule has 0 bridgehead atoms. The van der Waals surface area contributed by atoms with Gasteiger partial charge in [0, 0.05) is 41.2 Å². The van der Waals surface area contributed by atoms with Crippen molar-refractivity contribution in [1.29, 1.82) is 0 Å². The Labute approximate surface area is 204 Å². The predicted molar refractivity (Wildman–Crippen MR) is 127 cm³/mol. The number of hydrazone groups is 1. The van der Waals surface area contributed by atoms with Gasteiger partial charge < -0.3 is 0 Å². The van der Waals surface area contributed by atoms with Gasteiger partial charge in [-0.25, -0.2) is 18.4 Å². The molecule has 6 rings (SSSR count). The molecule has 1 aliphatic heterocycles. The van der Waals surface area contributed by atoms with Crippen LogP contribution in [0.4, 0.5) is 18.9 Å². The van der Waals surface area contributed by atoms with E-state index in [2.05, 4.69) is 15.2 Å². The summed E-state index contributed by atoms with van der Waals surface area (Å²) in [5.74, 6) is -3.15.